The van der Waals surface area contributed by atoms with Gasteiger partial charge < -0.3 is 5.73 Å². The monoisotopic (exact) mass is 357 g/mol. The molecule has 1 aromatic heterocycles. The first-order valence-electron chi connectivity index (χ1n) is 6.15. The fraction of sp³-hybridized carbons (Fsp3) is 0.0714. The Labute approximate surface area is 142 Å². The summed E-state index contributed by atoms with van der Waals surface area (Å²) >= 11 is 17.6. The summed E-state index contributed by atoms with van der Waals surface area (Å²) in [6, 6.07) is 7.63. The SMILES string of the molecule is Cc1ccc(/C=N\NC(=O)c2[nH+]c(Cl)c(Cl)c(N)c2Cl)cc1. The van der Waals surface area contributed by atoms with Crippen molar-refractivity contribution in [2.75, 3.05) is 5.73 Å². The van der Waals surface area contributed by atoms with Crippen LogP contribution in [0.3, 0.4) is 0 Å². The lowest BCUT2D eigenvalue weighted by molar-refractivity contribution is -0.379. The maximum atomic E-state index is 12.0. The Hall–Kier alpha value is -1.82. The number of carbonyl (C=O) groups excluding carboxylic acids is 1. The van der Waals surface area contributed by atoms with Gasteiger partial charge in [-0.25, -0.2) is 5.43 Å². The highest BCUT2D eigenvalue weighted by Crippen LogP contribution is 2.31. The van der Waals surface area contributed by atoms with Gasteiger partial charge in [-0.05, 0) is 24.1 Å². The summed E-state index contributed by atoms with van der Waals surface area (Å²) in [7, 11) is 0. The first-order chi connectivity index (χ1) is 10.4. The zero-order chi connectivity index (χ0) is 16.3. The van der Waals surface area contributed by atoms with Crippen LogP contribution in [0.1, 0.15) is 21.6 Å². The number of aromatic amines is 1. The van der Waals surface area contributed by atoms with Gasteiger partial charge in [0.1, 0.15) is 10.0 Å². The van der Waals surface area contributed by atoms with E-state index in [1.807, 2.05) is 31.2 Å². The van der Waals surface area contributed by atoms with Crippen LogP contribution in [0.5, 0.6) is 0 Å². The minimum atomic E-state index is -0.585. The number of rotatable bonds is 3. The van der Waals surface area contributed by atoms with Crippen molar-refractivity contribution in [3.05, 3.63) is 56.3 Å². The van der Waals surface area contributed by atoms with Crippen LogP contribution in [0.15, 0.2) is 29.4 Å². The second-order valence-electron chi connectivity index (χ2n) is 4.47. The molecule has 0 aliphatic rings. The topological polar surface area (TPSA) is 81.6 Å². The van der Waals surface area contributed by atoms with E-state index in [1.54, 1.807) is 0 Å². The molecule has 2 rings (SSSR count). The highest BCUT2D eigenvalue weighted by Gasteiger charge is 2.25. The Balaban J connectivity index is 2.15. The van der Waals surface area contributed by atoms with Crippen LogP contribution in [-0.2, 0) is 0 Å². The molecule has 0 radical (unpaired) electrons. The third-order valence-electron chi connectivity index (χ3n) is 2.80. The van der Waals surface area contributed by atoms with Crippen LogP contribution in [0, 0.1) is 6.92 Å². The molecule has 0 atom stereocenters. The van der Waals surface area contributed by atoms with Crippen LogP contribution >= 0.6 is 34.8 Å². The molecule has 0 aliphatic carbocycles. The first kappa shape index (κ1) is 16.5. The molecule has 0 saturated heterocycles. The van der Waals surface area contributed by atoms with Crippen molar-refractivity contribution < 1.29 is 9.78 Å². The van der Waals surface area contributed by atoms with Crippen LogP contribution in [-0.4, -0.2) is 12.1 Å². The number of nitrogen functional groups attached to an aromatic ring is 1. The lowest BCUT2D eigenvalue weighted by atomic mass is 10.2. The molecule has 0 unspecified atom stereocenters. The maximum absolute atomic E-state index is 12.0. The molecule has 114 valence electrons. The summed E-state index contributed by atoms with van der Waals surface area (Å²) in [6.07, 6.45) is 1.51. The number of nitrogens with zero attached hydrogens (tertiary/aromatic N) is 1. The summed E-state index contributed by atoms with van der Waals surface area (Å²) in [6.45, 7) is 1.98. The molecule has 4 N–H and O–H groups in total. The molecule has 0 saturated carbocycles. The molecule has 0 spiro atoms. The molecule has 0 bridgehead atoms. The Morgan fingerprint density at radius 1 is 1.23 bits per heavy atom. The summed E-state index contributed by atoms with van der Waals surface area (Å²) < 4.78 is 0. The Morgan fingerprint density at radius 3 is 2.50 bits per heavy atom. The van der Waals surface area contributed by atoms with Gasteiger partial charge in [0.25, 0.3) is 10.8 Å². The largest absolute Gasteiger partial charge is 0.396 e. The average molecular weight is 359 g/mol. The number of benzene rings is 1. The average Bonchev–Trinajstić information content (AvgIpc) is 2.50. The standard InChI is InChI=1S/C14H11Cl3N4O/c1-7-2-4-8(5-3-7)6-19-21-14(22)12-9(15)11(18)10(16)13(17)20-12/h2-6H,1H3,(H2,18,20)(H,21,22)/p+1/b19-6-. The molecule has 22 heavy (non-hydrogen) atoms. The third-order valence-corrected chi connectivity index (χ3v) is 3.97. The number of carbonyl (C=O) groups is 1. The first-order valence-corrected chi connectivity index (χ1v) is 7.29. The van der Waals surface area contributed by atoms with E-state index in [0.717, 1.165) is 11.1 Å². The van der Waals surface area contributed by atoms with E-state index in [0.29, 0.717) is 0 Å². The van der Waals surface area contributed by atoms with E-state index in [-0.39, 0.29) is 26.6 Å². The van der Waals surface area contributed by atoms with E-state index >= 15 is 0 Å². The van der Waals surface area contributed by atoms with Gasteiger partial charge in [0.2, 0.25) is 0 Å². The van der Waals surface area contributed by atoms with Crippen LogP contribution in [0.4, 0.5) is 5.69 Å². The molecule has 1 aromatic carbocycles. The Bertz CT molecular complexity index is 745. The van der Waals surface area contributed by atoms with Gasteiger partial charge in [-0.2, -0.15) is 10.1 Å². The van der Waals surface area contributed by atoms with E-state index in [2.05, 4.69) is 15.5 Å². The summed E-state index contributed by atoms with van der Waals surface area (Å²) in [5, 5.41) is 3.92. The predicted octanol–water partition coefficient (Wildman–Crippen LogP) is 3.12. The maximum Gasteiger partial charge on any atom is 0.337 e. The lowest BCUT2D eigenvalue weighted by Crippen LogP contribution is -2.28. The number of amides is 1. The second kappa shape index (κ2) is 6.96. The van der Waals surface area contributed by atoms with Gasteiger partial charge in [-0.15, -0.1) is 0 Å². The fourth-order valence-electron chi connectivity index (χ4n) is 1.60. The molecule has 0 aliphatic heterocycles. The third kappa shape index (κ3) is 3.68. The van der Waals surface area contributed by atoms with Crippen molar-refractivity contribution in [3.63, 3.8) is 0 Å². The summed E-state index contributed by atoms with van der Waals surface area (Å²) in [4.78, 5) is 14.6. The number of hydrogen-bond donors (Lipinski definition) is 2. The van der Waals surface area contributed by atoms with Crippen molar-refractivity contribution in [2.45, 2.75) is 6.92 Å². The van der Waals surface area contributed by atoms with E-state index in [4.69, 9.17) is 40.5 Å². The normalized spacial score (nSPS) is 10.9. The van der Waals surface area contributed by atoms with Gasteiger partial charge in [-0.3, -0.25) is 4.79 Å². The number of nitrogens with two attached hydrogens (primary N) is 1. The fourth-order valence-corrected chi connectivity index (χ4v) is 2.21. The number of halogens is 3. The predicted molar refractivity (Wildman–Crippen MR) is 88.7 cm³/mol. The van der Waals surface area contributed by atoms with Crippen molar-refractivity contribution >= 4 is 52.6 Å². The number of aromatic nitrogens is 1. The molecule has 1 amide bonds. The number of hydrazone groups is 1. The number of nitrogens with one attached hydrogen (secondary N) is 2. The van der Waals surface area contributed by atoms with Crippen LogP contribution in [0.25, 0.3) is 0 Å². The number of pyridine rings is 1. The van der Waals surface area contributed by atoms with Gasteiger partial charge in [0.05, 0.1) is 11.9 Å². The molecule has 8 heteroatoms. The molecule has 0 fully saturated rings. The zero-order valence-corrected chi connectivity index (χ0v) is 13.7. The highest BCUT2D eigenvalue weighted by atomic mass is 35.5. The van der Waals surface area contributed by atoms with E-state index in [1.165, 1.54) is 6.21 Å². The Kier molecular flexibility index (Phi) is 5.24. The number of hydrogen-bond acceptors (Lipinski definition) is 3. The molecular formula is C14H12Cl3N4O+. The van der Waals surface area contributed by atoms with E-state index in [9.17, 15) is 4.79 Å². The Morgan fingerprint density at radius 2 is 1.86 bits per heavy atom. The van der Waals surface area contributed by atoms with Gasteiger partial charge in [0, 0.05) is 0 Å². The number of anilines is 1. The van der Waals surface area contributed by atoms with Crippen LogP contribution < -0.4 is 16.1 Å². The minimum Gasteiger partial charge on any atom is -0.396 e. The number of aryl methyl sites for hydroxylation is 1. The van der Waals surface area contributed by atoms with Crippen molar-refractivity contribution in [3.8, 4) is 0 Å². The summed E-state index contributed by atoms with van der Waals surface area (Å²) in [5.41, 5.74) is 9.99. The van der Waals surface area contributed by atoms with Gasteiger partial charge in [0.15, 0.2) is 0 Å². The van der Waals surface area contributed by atoms with Gasteiger partial charge in [-0.1, -0.05) is 53.0 Å². The smallest absolute Gasteiger partial charge is 0.337 e. The minimum absolute atomic E-state index is 0.0163. The molecular weight excluding hydrogens is 347 g/mol. The molecule has 2 aromatic rings. The lowest BCUT2D eigenvalue weighted by Gasteiger charge is -2.02. The highest BCUT2D eigenvalue weighted by molar-refractivity contribution is 6.45. The quantitative estimate of drug-likeness (QED) is 0.502. The summed E-state index contributed by atoms with van der Waals surface area (Å²) in [5.74, 6) is -0.585. The number of H-pyrrole nitrogens is 1. The zero-order valence-electron chi connectivity index (χ0n) is 11.5. The van der Waals surface area contributed by atoms with Crippen molar-refractivity contribution in [1.29, 1.82) is 0 Å². The van der Waals surface area contributed by atoms with Crippen molar-refractivity contribution in [2.24, 2.45) is 5.10 Å². The van der Waals surface area contributed by atoms with E-state index < -0.39 is 5.91 Å². The van der Waals surface area contributed by atoms with Crippen LogP contribution in [0.2, 0.25) is 15.2 Å². The molecule has 5 nitrogen and oxygen atoms in total. The second-order valence-corrected chi connectivity index (χ2v) is 5.60. The van der Waals surface area contributed by atoms with Gasteiger partial charge >= 0.3 is 5.91 Å². The van der Waals surface area contributed by atoms with Crippen molar-refractivity contribution in [1.82, 2.24) is 5.43 Å². The molecule has 1 heterocycles.